The quantitative estimate of drug-likeness (QED) is 0.780. The third kappa shape index (κ3) is 3.08. The average Bonchev–Trinajstić information content (AvgIpc) is 2.39. The molecule has 0 radical (unpaired) electrons. The minimum atomic E-state index is 0.268. The smallest absolute Gasteiger partial charge is 0.0328 e. The van der Waals surface area contributed by atoms with Gasteiger partial charge in [0.25, 0.3) is 0 Å². The molecule has 1 rings (SSSR count). The highest BCUT2D eigenvalue weighted by Gasteiger charge is 2.41. The first kappa shape index (κ1) is 16.0. The summed E-state index contributed by atoms with van der Waals surface area (Å²) in [5.41, 5.74) is 0.268. The first-order valence-electron chi connectivity index (χ1n) is 7.85. The molecule has 0 aromatic carbocycles. The molecular formula is C16H34N2. The molecule has 1 saturated carbocycles. The van der Waals surface area contributed by atoms with E-state index >= 15 is 0 Å². The van der Waals surface area contributed by atoms with E-state index in [-0.39, 0.29) is 5.54 Å². The standard InChI is InChI=1S/C16H34N2/c1-7-13-11-9-10-12-14(13)15(17-4)16(3,8-2)18(5)6/h13-15,17H,7-12H2,1-6H3. The molecule has 0 amide bonds. The number of hydrogen-bond acceptors (Lipinski definition) is 2. The van der Waals surface area contributed by atoms with Crippen LogP contribution in [-0.4, -0.2) is 37.6 Å². The van der Waals surface area contributed by atoms with Crippen molar-refractivity contribution in [3.8, 4) is 0 Å². The number of hydrogen-bond donors (Lipinski definition) is 1. The fourth-order valence-electron chi connectivity index (χ4n) is 3.98. The Kier molecular flexibility index (Phi) is 6.13. The van der Waals surface area contributed by atoms with Gasteiger partial charge >= 0.3 is 0 Å². The van der Waals surface area contributed by atoms with E-state index in [0.29, 0.717) is 6.04 Å². The molecule has 0 spiro atoms. The Hall–Kier alpha value is -0.0800. The third-order valence-electron chi connectivity index (χ3n) is 5.64. The number of rotatable bonds is 6. The largest absolute Gasteiger partial charge is 0.315 e. The molecule has 1 aliphatic carbocycles. The molecule has 4 unspecified atom stereocenters. The summed E-state index contributed by atoms with van der Waals surface area (Å²) in [5, 5.41) is 3.67. The van der Waals surface area contributed by atoms with Gasteiger partial charge in [-0.3, -0.25) is 0 Å². The molecule has 0 aliphatic heterocycles. The van der Waals surface area contributed by atoms with Gasteiger partial charge in [-0.2, -0.15) is 0 Å². The lowest BCUT2D eigenvalue weighted by Crippen LogP contribution is -2.60. The van der Waals surface area contributed by atoms with Crippen molar-refractivity contribution in [2.24, 2.45) is 11.8 Å². The second-order valence-electron chi connectivity index (χ2n) is 6.49. The molecule has 0 bridgehead atoms. The van der Waals surface area contributed by atoms with Gasteiger partial charge in [0, 0.05) is 11.6 Å². The summed E-state index contributed by atoms with van der Waals surface area (Å²) in [6.07, 6.45) is 8.26. The Morgan fingerprint density at radius 1 is 1.22 bits per heavy atom. The highest BCUT2D eigenvalue weighted by Crippen LogP contribution is 2.39. The zero-order valence-electron chi connectivity index (χ0n) is 13.4. The summed E-state index contributed by atoms with van der Waals surface area (Å²) >= 11 is 0. The van der Waals surface area contributed by atoms with Gasteiger partial charge in [0.05, 0.1) is 0 Å². The Bertz CT molecular complexity index is 239. The number of likely N-dealkylation sites (N-methyl/N-ethyl adjacent to an activating group) is 2. The van der Waals surface area contributed by atoms with E-state index in [9.17, 15) is 0 Å². The molecule has 1 fully saturated rings. The summed E-state index contributed by atoms with van der Waals surface area (Å²) in [7, 11) is 6.62. The zero-order chi connectivity index (χ0) is 13.8. The van der Waals surface area contributed by atoms with Crippen molar-refractivity contribution in [3.05, 3.63) is 0 Å². The first-order valence-corrected chi connectivity index (χ1v) is 7.85. The van der Waals surface area contributed by atoms with Crippen LogP contribution >= 0.6 is 0 Å². The number of nitrogens with zero attached hydrogens (tertiary/aromatic N) is 1. The normalized spacial score (nSPS) is 30.2. The van der Waals surface area contributed by atoms with E-state index in [1.807, 2.05) is 0 Å². The summed E-state index contributed by atoms with van der Waals surface area (Å²) in [6.45, 7) is 7.12. The van der Waals surface area contributed by atoms with Crippen molar-refractivity contribution >= 4 is 0 Å². The van der Waals surface area contributed by atoms with Crippen LogP contribution in [0.15, 0.2) is 0 Å². The van der Waals surface area contributed by atoms with Crippen LogP contribution in [0.2, 0.25) is 0 Å². The van der Waals surface area contributed by atoms with E-state index in [0.717, 1.165) is 11.8 Å². The van der Waals surface area contributed by atoms with Gasteiger partial charge in [-0.25, -0.2) is 0 Å². The lowest BCUT2D eigenvalue weighted by molar-refractivity contribution is 0.0472. The molecule has 108 valence electrons. The third-order valence-corrected chi connectivity index (χ3v) is 5.64. The zero-order valence-corrected chi connectivity index (χ0v) is 13.4. The molecule has 4 atom stereocenters. The van der Waals surface area contributed by atoms with Crippen molar-refractivity contribution < 1.29 is 0 Å². The molecular weight excluding hydrogens is 220 g/mol. The van der Waals surface area contributed by atoms with Gasteiger partial charge in [-0.1, -0.05) is 39.5 Å². The van der Waals surface area contributed by atoms with E-state index in [2.05, 4.69) is 52.1 Å². The monoisotopic (exact) mass is 254 g/mol. The lowest BCUT2D eigenvalue weighted by Gasteiger charge is -2.49. The maximum absolute atomic E-state index is 3.67. The summed E-state index contributed by atoms with van der Waals surface area (Å²) in [6, 6.07) is 0.614. The molecule has 0 heterocycles. The van der Waals surface area contributed by atoms with Gasteiger partial charge in [0.2, 0.25) is 0 Å². The van der Waals surface area contributed by atoms with Crippen LogP contribution in [-0.2, 0) is 0 Å². The minimum Gasteiger partial charge on any atom is -0.315 e. The van der Waals surface area contributed by atoms with Gasteiger partial charge in [-0.05, 0) is 52.7 Å². The van der Waals surface area contributed by atoms with E-state index < -0.39 is 0 Å². The molecule has 0 aromatic rings. The topological polar surface area (TPSA) is 15.3 Å². The highest BCUT2D eigenvalue weighted by atomic mass is 15.2. The van der Waals surface area contributed by atoms with Crippen LogP contribution in [0.25, 0.3) is 0 Å². The van der Waals surface area contributed by atoms with E-state index in [1.165, 1.54) is 38.5 Å². The van der Waals surface area contributed by atoms with Crippen molar-refractivity contribution in [3.63, 3.8) is 0 Å². The molecule has 2 heteroatoms. The molecule has 1 N–H and O–H groups in total. The van der Waals surface area contributed by atoms with Crippen LogP contribution in [0, 0.1) is 11.8 Å². The summed E-state index contributed by atoms with van der Waals surface area (Å²) in [5.74, 6) is 1.77. The molecule has 0 aromatic heterocycles. The van der Waals surface area contributed by atoms with Crippen LogP contribution in [0.5, 0.6) is 0 Å². The first-order chi connectivity index (χ1) is 8.51. The SMILES string of the molecule is CCC1CCCCC1C(NC)C(C)(CC)N(C)C. The predicted octanol–water partition coefficient (Wildman–Crippen LogP) is 3.52. The van der Waals surface area contributed by atoms with Crippen molar-refractivity contribution in [2.75, 3.05) is 21.1 Å². The molecule has 2 nitrogen and oxygen atoms in total. The Labute approximate surface area is 115 Å². The Balaban J connectivity index is 2.92. The second-order valence-corrected chi connectivity index (χ2v) is 6.49. The average molecular weight is 254 g/mol. The van der Waals surface area contributed by atoms with Crippen LogP contribution in [0.4, 0.5) is 0 Å². The lowest BCUT2D eigenvalue weighted by atomic mass is 9.68. The fourth-order valence-corrected chi connectivity index (χ4v) is 3.98. The number of nitrogens with one attached hydrogen (secondary N) is 1. The van der Waals surface area contributed by atoms with Crippen molar-refractivity contribution in [1.29, 1.82) is 0 Å². The maximum atomic E-state index is 3.67. The minimum absolute atomic E-state index is 0.268. The Morgan fingerprint density at radius 3 is 2.28 bits per heavy atom. The predicted molar refractivity (Wildman–Crippen MR) is 81.0 cm³/mol. The fraction of sp³-hybridized carbons (Fsp3) is 1.00. The molecule has 0 saturated heterocycles. The summed E-state index contributed by atoms with van der Waals surface area (Å²) < 4.78 is 0. The van der Waals surface area contributed by atoms with Crippen LogP contribution in [0.3, 0.4) is 0 Å². The summed E-state index contributed by atoms with van der Waals surface area (Å²) in [4.78, 5) is 2.43. The van der Waals surface area contributed by atoms with Crippen molar-refractivity contribution in [1.82, 2.24) is 10.2 Å². The Morgan fingerprint density at radius 2 is 1.83 bits per heavy atom. The highest BCUT2D eigenvalue weighted by molar-refractivity contribution is 4.99. The van der Waals surface area contributed by atoms with Crippen molar-refractivity contribution in [2.45, 2.75) is 70.9 Å². The molecule has 1 aliphatic rings. The van der Waals surface area contributed by atoms with Gasteiger partial charge in [-0.15, -0.1) is 0 Å². The van der Waals surface area contributed by atoms with Gasteiger partial charge in [0.15, 0.2) is 0 Å². The van der Waals surface area contributed by atoms with Gasteiger partial charge in [0.1, 0.15) is 0 Å². The van der Waals surface area contributed by atoms with E-state index in [4.69, 9.17) is 0 Å². The second kappa shape index (κ2) is 6.91. The molecule has 18 heavy (non-hydrogen) atoms. The van der Waals surface area contributed by atoms with Crippen LogP contribution in [0.1, 0.15) is 59.3 Å². The van der Waals surface area contributed by atoms with Gasteiger partial charge < -0.3 is 10.2 Å². The maximum Gasteiger partial charge on any atom is 0.0328 e. The van der Waals surface area contributed by atoms with Crippen LogP contribution < -0.4 is 5.32 Å². The van der Waals surface area contributed by atoms with E-state index in [1.54, 1.807) is 0 Å².